The van der Waals surface area contributed by atoms with Crippen LogP contribution in [0.2, 0.25) is 0 Å². The Morgan fingerprint density at radius 3 is 2.79 bits per heavy atom. The molecule has 0 bridgehead atoms. The number of nitrogens with one attached hydrogen (secondary N) is 1. The molecule has 0 unspecified atom stereocenters. The van der Waals surface area contributed by atoms with Crippen LogP contribution in [0.4, 0.5) is 10.1 Å². The Bertz CT molecular complexity index is 479. The van der Waals surface area contributed by atoms with E-state index in [2.05, 4.69) is 5.32 Å². The molecule has 0 aliphatic carbocycles. The molecule has 19 heavy (non-hydrogen) atoms. The Hall–Kier alpha value is -2.02. The van der Waals surface area contributed by atoms with Gasteiger partial charge in [-0.2, -0.15) is 0 Å². The smallest absolute Gasteiger partial charge is 0.282 e. The van der Waals surface area contributed by atoms with Crippen molar-refractivity contribution in [2.75, 3.05) is 26.7 Å². The molecule has 1 rings (SSSR count). The summed E-state index contributed by atoms with van der Waals surface area (Å²) in [4.78, 5) is 23.8. The molecule has 7 heteroatoms. The van der Waals surface area contributed by atoms with Crippen molar-refractivity contribution in [2.24, 2.45) is 0 Å². The molecule has 6 nitrogen and oxygen atoms in total. The van der Waals surface area contributed by atoms with Gasteiger partial charge in [-0.3, -0.25) is 14.9 Å². The molecule has 0 spiro atoms. The molecule has 1 amide bonds. The van der Waals surface area contributed by atoms with Gasteiger partial charge in [-0.05, 0) is 25.7 Å². The average Bonchev–Trinajstić information content (AvgIpc) is 2.37. The summed E-state index contributed by atoms with van der Waals surface area (Å²) in [6, 6.07) is 2.82. The Balaban J connectivity index is 2.76. The second-order valence-corrected chi connectivity index (χ2v) is 4.07. The minimum atomic E-state index is -0.702. The van der Waals surface area contributed by atoms with Gasteiger partial charge in [0.15, 0.2) is 0 Å². The minimum Gasteiger partial charge on any atom is -0.351 e. The van der Waals surface area contributed by atoms with Crippen molar-refractivity contribution in [1.82, 2.24) is 10.2 Å². The number of halogens is 1. The van der Waals surface area contributed by atoms with Crippen molar-refractivity contribution in [3.63, 3.8) is 0 Å². The van der Waals surface area contributed by atoms with E-state index in [0.717, 1.165) is 24.7 Å². The maximum absolute atomic E-state index is 13.1. The summed E-state index contributed by atoms with van der Waals surface area (Å²) >= 11 is 0. The molecule has 0 radical (unpaired) electrons. The molecule has 1 N–H and O–H groups in total. The lowest BCUT2D eigenvalue weighted by Gasteiger charge is -2.13. The SMILES string of the molecule is CCN(C)CCNC(=O)c1cc(F)ccc1[N+](=O)[O-]. The van der Waals surface area contributed by atoms with Crippen LogP contribution in [0, 0.1) is 15.9 Å². The number of nitro groups is 1. The number of hydrogen-bond acceptors (Lipinski definition) is 4. The standard InChI is InChI=1S/C12H16FN3O3/c1-3-15(2)7-6-14-12(17)10-8-9(13)4-5-11(10)16(18)19/h4-5,8H,3,6-7H2,1-2H3,(H,14,17). The Labute approximate surface area is 110 Å². The average molecular weight is 269 g/mol. The van der Waals surface area contributed by atoms with Crippen molar-refractivity contribution >= 4 is 11.6 Å². The van der Waals surface area contributed by atoms with Crippen molar-refractivity contribution in [1.29, 1.82) is 0 Å². The van der Waals surface area contributed by atoms with E-state index in [9.17, 15) is 19.3 Å². The summed E-state index contributed by atoms with van der Waals surface area (Å²) in [5.41, 5.74) is -0.660. The van der Waals surface area contributed by atoms with Crippen LogP contribution in [-0.2, 0) is 0 Å². The van der Waals surface area contributed by atoms with Crippen LogP contribution >= 0.6 is 0 Å². The van der Waals surface area contributed by atoms with Crippen LogP contribution in [0.15, 0.2) is 18.2 Å². The van der Waals surface area contributed by atoms with E-state index in [-0.39, 0.29) is 5.56 Å². The summed E-state index contributed by atoms with van der Waals surface area (Å²) < 4.78 is 13.1. The molecule has 104 valence electrons. The molecule has 0 saturated carbocycles. The van der Waals surface area contributed by atoms with Gasteiger partial charge >= 0.3 is 0 Å². The number of amides is 1. The van der Waals surface area contributed by atoms with E-state index in [1.807, 2.05) is 18.9 Å². The number of hydrogen-bond donors (Lipinski definition) is 1. The third kappa shape index (κ3) is 4.29. The third-order valence-corrected chi connectivity index (χ3v) is 2.72. The van der Waals surface area contributed by atoms with Crippen LogP contribution in [-0.4, -0.2) is 42.4 Å². The third-order valence-electron chi connectivity index (χ3n) is 2.72. The highest BCUT2D eigenvalue weighted by Crippen LogP contribution is 2.19. The second-order valence-electron chi connectivity index (χ2n) is 4.07. The maximum Gasteiger partial charge on any atom is 0.282 e. The predicted octanol–water partition coefficient (Wildman–Crippen LogP) is 1.42. The van der Waals surface area contributed by atoms with Crippen molar-refractivity contribution in [2.45, 2.75) is 6.92 Å². The fourth-order valence-electron chi connectivity index (χ4n) is 1.46. The van der Waals surface area contributed by atoms with Gasteiger partial charge in [0.25, 0.3) is 11.6 Å². The Morgan fingerprint density at radius 1 is 1.53 bits per heavy atom. The molecule has 1 aromatic carbocycles. The Kier molecular flexibility index (Phi) is 5.37. The van der Waals surface area contributed by atoms with Crippen LogP contribution in [0.3, 0.4) is 0 Å². The van der Waals surface area contributed by atoms with E-state index in [1.54, 1.807) is 0 Å². The largest absolute Gasteiger partial charge is 0.351 e. The second kappa shape index (κ2) is 6.79. The first-order chi connectivity index (χ1) is 8.95. The number of carbonyl (C=O) groups is 1. The minimum absolute atomic E-state index is 0.260. The summed E-state index contributed by atoms with van der Waals surface area (Å²) in [6.45, 7) is 3.76. The van der Waals surface area contributed by atoms with Gasteiger partial charge < -0.3 is 10.2 Å². The van der Waals surface area contributed by atoms with Gasteiger partial charge in [0.1, 0.15) is 11.4 Å². The molecule has 0 heterocycles. The van der Waals surface area contributed by atoms with Gasteiger partial charge in [0, 0.05) is 19.2 Å². The van der Waals surface area contributed by atoms with E-state index >= 15 is 0 Å². The molecular weight excluding hydrogens is 253 g/mol. The fourth-order valence-corrected chi connectivity index (χ4v) is 1.46. The molecule has 0 fully saturated rings. The highest BCUT2D eigenvalue weighted by molar-refractivity contribution is 5.98. The van der Waals surface area contributed by atoms with Crippen molar-refractivity contribution in [3.05, 3.63) is 39.7 Å². The number of rotatable bonds is 6. The molecule has 0 aliphatic heterocycles. The molecule has 0 saturated heterocycles. The lowest BCUT2D eigenvalue weighted by Crippen LogP contribution is -2.33. The number of likely N-dealkylation sites (N-methyl/N-ethyl adjacent to an activating group) is 1. The number of carbonyl (C=O) groups excluding carboxylic acids is 1. The van der Waals surface area contributed by atoms with Crippen molar-refractivity contribution < 1.29 is 14.1 Å². The van der Waals surface area contributed by atoms with Gasteiger partial charge in [-0.1, -0.05) is 6.92 Å². The van der Waals surface area contributed by atoms with E-state index in [0.29, 0.717) is 13.1 Å². The molecular formula is C12H16FN3O3. The zero-order valence-corrected chi connectivity index (χ0v) is 10.9. The van der Waals surface area contributed by atoms with Crippen LogP contribution in [0.5, 0.6) is 0 Å². The zero-order chi connectivity index (χ0) is 14.4. The highest BCUT2D eigenvalue weighted by Gasteiger charge is 2.20. The molecule has 0 atom stereocenters. The van der Waals surface area contributed by atoms with Crippen molar-refractivity contribution in [3.8, 4) is 0 Å². The molecule has 0 aromatic heterocycles. The van der Waals surface area contributed by atoms with E-state index < -0.39 is 22.3 Å². The molecule has 0 aliphatic rings. The van der Waals surface area contributed by atoms with Gasteiger partial charge in [-0.15, -0.1) is 0 Å². The van der Waals surface area contributed by atoms with Gasteiger partial charge in [-0.25, -0.2) is 4.39 Å². The summed E-state index contributed by atoms with van der Waals surface area (Å²) in [7, 11) is 1.89. The topological polar surface area (TPSA) is 75.5 Å². The van der Waals surface area contributed by atoms with Crippen LogP contribution in [0.25, 0.3) is 0 Å². The fraction of sp³-hybridized carbons (Fsp3) is 0.417. The maximum atomic E-state index is 13.1. The quantitative estimate of drug-likeness (QED) is 0.626. The number of nitrogens with zero attached hydrogens (tertiary/aromatic N) is 2. The van der Waals surface area contributed by atoms with Crippen LogP contribution in [0.1, 0.15) is 17.3 Å². The van der Waals surface area contributed by atoms with Crippen LogP contribution < -0.4 is 5.32 Å². The van der Waals surface area contributed by atoms with Gasteiger partial charge in [0.2, 0.25) is 0 Å². The lowest BCUT2D eigenvalue weighted by atomic mass is 10.1. The van der Waals surface area contributed by atoms with E-state index in [1.165, 1.54) is 0 Å². The summed E-state index contributed by atoms with van der Waals surface area (Å²) in [6.07, 6.45) is 0. The molecule has 1 aromatic rings. The predicted molar refractivity (Wildman–Crippen MR) is 68.6 cm³/mol. The first-order valence-electron chi connectivity index (χ1n) is 5.86. The number of benzene rings is 1. The van der Waals surface area contributed by atoms with Gasteiger partial charge in [0.05, 0.1) is 4.92 Å². The van der Waals surface area contributed by atoms with E-state index in [4.69, 9.17) is 0 Å². The first-order valence-corrected chi connectivity index (χ1v) is 5.86. The lowest BCUT2D eigenvalue weighted by molar-refractivity contribution is -0.385. The summed E-state index contributed by atoms with van der Waals surface area (Å²) in [5.74, 6) is -1.32. The zero-order valence-electron chi connectivity index (χ0n) is 10.9. The highest BCUT2D eigenvalue weighted by atomic mass is 19.1. The normalized spacial score (nSPS) is 10.5. The first kappa shape index (κ1) is 15.0. The Morgan fingerprint density at radius 2 is 2.21 bits per heavy atom. The summed E-state index contributed by atoms with van der Waals surface area (Å²) in [5, 5.41) is 13.3. The number of nitro benzene ring substituents is 1. The monoisotopic (exact) mass is 269 g/mol.